The Bertz CT molecular complexity index is 1290. The van der Waals surface area contributed by atoms with Crippen LogP contribution in [0.15, 0.2) is 61.0 Å². The van der Waals surface area contributed by atoms with Crippen LogP contribution in [-0.2, 0) is 6.54 Å². The molecule has 136 valence electrons. The standard InChI is InChI=1S/C19H12Cl2N2O4/c1-10-6-16-13(8-15(10)21)11(7-17(24)26-16)9-23-18(22-27-19(23)25)12-4-2-3-5-14(12)20/h2-8H,9H2,1H3. The highest BCUT2D eigenvalue weighted by atomic mass is 35.5. The van der Waals surface area contributed by atoms with E-state index >= 15 is 0 Å². The fourth-order valence-corrected chi connectivity index (χ4v) is 3.28. The van der Waals surface area contributed by atoms with Gasteiger partial charge in [-0.05, 0) is 42.3 Å². The van der Waals surface area contributed by atoms with Gasteiger partial charge in [0.25, 0.3) is 0 Å². The maximum atomic E-state index is 12.2. The number of aryl methyl sites for hydroxylation is 1. The Balaban J connectivity index is 1.91. The van der Waals surface area contributed by atoms with Crippen molar-refractivity contribution in [2.45, 2.75) is 13.5 Å². The molecular weight excluding hydrogens is 391 g/mol. The van der Waals surface area contributed by atoms with Gasteiger partial charge in [0, 0.05) is 22.0 Å². The van der Waals surface area contributed by atoms with Crippen molar-refractivity contribution in [1.82, 2.24) is 9.72 Å². The Labute approximate surface area is 162 Å². The van der Waals surface area contributed by atoms with Crippen molar-refractivity contribution in [2.24, 2.45) is 0 Å². The van der Waals surface area contributed by atoms with Gasteiger partial charge in [0.2, 0.25) is 0 Å². The number of nitrogens with zero attached hydrogens (tertiary/aromatic N) is 2. The lowest BCUT2D eigenvalue weighted by atomic mass is 10.1. The Kier molecular flexibility index (Phi) is 4.37. The zero-order valence-corrected chi connectivity index (χ0v) is 15.5. The Hall–Kier alpha value is -2.83. The average Bonchev–Trinajstić information content (AvgIpc) is 2.98. The van der Waals surface area contributed by atoms with Gasteiger partial charge in [-0.3, -0.25) is 9.09 Å². The Morgan fingerprint density at radius 1 is 1.07 bits per heavy atom. The van der Waals surface area contributed by atoms with Crippen LogP contribution in [-0.4, -0.2) is 9.72 Å². The first-order valence-corrected chi connectivity index (χ1v) is 8.74. The minimum absolute atomic E-state index is 0.0460. The van der Waals surface area contributed by atoms with Crippen LogP contribution < -0.4 is 11.4 Å². The predicted octanol–water partition coefficient (Wildman–Crippen LogP) is 4.27. The van der Waals surface area contributed by atoms with Gasteiger partial charge >= 0.3 is 11.4 Å². The Morgan fingerprint density at radius 2 is 1.85 bits per heavy atom. The molecule has 4 aromatic rings. The average molecular weight is 403 g/mol. The molecule has 0 spiro atoms. The molecule has 4 rings (SSSR count). The van der Waals surface area contributed by atoms with E-state index in [9.17, 15) is 9.59 Å². The van der Waals surface area contributed by atoms with Crippen molar-refractivity contribution in [3.63, 3.8) is 0 Å². The summed E-state index contributed by atoms with van der Waals surface area (Å²) in [5, 5.41) is 5.42. The zero-order valence-electron chi connectivity index (χ0n) is 14.0. The number of rotatable bonds is 3. The number of fused-ring (bicyclic) bond motifs is 1. The molecule has 2 aromatic carbocycles. The summed E-state index contributed by atoms with van der Waals surface area (Å²) < 4.78 is 11.4. The zero-order chi connectivity index (χ0) is 19.1. The molecule has 2 heterocycles. The van der Waals surface area contributed by atoms with E-state index in [1.165, 1.54) is 10.6 Å². The van der Waals surface area contributed by atoms with Crippen LogP contribution >= 0.6 is 23.2 Å². The molecule has 27 heavy (non-hydrogen) atoms. The lowest BCUT2D eigenvalue weighted by molar-refractivity contribution is 0.378. The van der Waals surface area contributed by atoms with Crippen molar-refractivity contribution in [2.75, 3.05) is 0 Å². The first-order valence-electron chi connectivity index (χ1n) is 7.98. The quantitative estimate of drug-likeness (QED) is 0.478. The lowest BCUT2D eigenvalue weighted by Gasteiger charge is -2.09. The molecule has 0 saturated heterocycles. The van der Waals surface area contributed by atoms with Crippen molar-refractivity contribution >= 4 is 34.2 Å². The van der Waals surface area contributed by atoms with Crippen LogP contribution in [0.4, 0.5) is 0 Å². The molecule has 6 nitrogen and oxygen atoms in total. The summed E-state index contributed by atoms with van der Waals surface area (Å²) in [7, 11) is 0. The summed E-state index contributed by atoms with van der Waals surface area (Å²) in [5.41, 5.74) is 1.75. The summed E-state index contributed by atoms with van der Waals surface area (Å²) in [5.74, 6) is -0.394. The second-order valence-corrected chi connectivity index (χ2v) is 6.84. The maximum Gasteiger partial charge on any atom is 0.442 e. The molecule has 8 heteroatoms. The van der Waals surface area contributed by atoms with Crippen LogP contribution in [0.5, 0.6) is 0 Å². The second-order valence-electron chi connectivity index (χ2n) is 6.03. The van der Waals surface area contributed by atoms with E-state index in [2.05, 4.69) is 5.16 Å². The van der Waals surface area contributed by atoms with Crippen LogP contribution in [0.1, 0.15) is 11.1 Å². The predicted molar refractivity (Wildman–Crippen MR) is 103 cm³/mol. The van der Waals surface area contributed by atoms with Gasteiger partial charge in [-0.15, -0.1) is 0 Å². The lowest BCUT2D eigenvalue weighted by Crippen LogP contribution is -2.17. The molecule has 0 saturated carbocycles. The van der Waals surface area contributed by atoms with E-state index in [1.807, 2.05) is 6.92 Å². The normalized spacial score (nSPS) is 11.2. The summed E-state index contributed by atoms with van der Waals surface area (Å²) in [4.78, 5) is 24.2. The van der Waals surface area contributed by atoms with Crippen molar-refractivity contribution in [3.8, 4) is 11.4 Å². The Morgan fingerprint density at radius 3 is 2.63 bits per heavy atom. The summed E-state index contributed by atoms with van der Waals surface area (Å²) in [6, 6.07) is 11.7. The third kappa shape index (κ3) is 3.18. The first kappa shape index (κ1) is 17.6. The van der Waals surface area contributed by atoms with Gasteiger partial charge in [-0.2, -0.15) is 0 Å². The highest BCUT2D eigenvalue weighted by Gasteiger charge is 2.17. The van der Waals surface area contributed by atoms with E-state index < -0.39 is 11.4 Å². The highest BCUT2D eigenvalue weighted by Crippen LogP contribution is 2.28. The number of hydrogen-bond donors (Lipinski definition) is 0. The maximum absolute atomic E-state index is 12.2. The molecule has 0 bridgehead atoms. The molecule has 2 aromatic heterocycles. The molecule has 0 aliphatic heterocycles. The fraction of sp³-hybridized carbons (Fsp3) is 0.105. The van der Waals surface area contributed by atoms with E-state index in [0.717, 1.165) is 5.56 Å². The van der Waals surface area contributed by atoms with Gasteiger partial charge in [-0.1, -0.05) is 40.5 Å². The van der Waals surface area contributed by atoms with Crippen LogP contribution in [0.25, 0.3) is 22.4 Å². The second kappa shape index (κ2) is 6.72. The fourth-order valence-electron chi connectivity index (χ4n) is 2.89. The molecule has 0 radical (unpaired) electrons. The summed E-state index contributed by atoms with van der Waals surface area (Å²) >= 11 is 12.4. The number of aromatic nitrogens is 2. The molecule has 0 fully saturated rings. The van der Waals surface area contributed by atoms with Crippen molar-refractivity contribution in [1.29, 1.82) is 0 Å². The van der Waals surface area contributed by atoms with Crippen molar-refractivity contribution in [3.05, 3.63) is 84.6 Å². The molecule has 0 N–H and O–H groups in total. The van der Waals surface area contributed by atoms with Gasteiger partial charge < -0.3 is 4.42 Å². The highest BCUT2D eigenvalue weighted by molar-refractivity contribution is 6.33. The van der Waals surface area contributed by atoms with Crippen LogP contribution in [0.3, 0.4) is 0 Å². The molecular formula is C19H12Cl2N2O4. The third-order valence-electron chi connectivity index (χ3n) is 4.24. The van der Waals surface area contributed by atoms with E-state index in [4.69, 9.17) is 32.1 Å². The van der Waals surface area contributed by atoms with Gasteiger partial charge in [0.05, 0.1) is 11.6 Å². The SMILES string of the molecule is Cc1cc2oc(=O)cc(Cn3c(-c4ccccc4Cl)noc3=O)c2cc1Cl. The monoisotopic (exact) mass is 402 g/mol. The topological polar surface area (TPSA) is 78.2 Å². The van der Waals surface area contributed by atoms with Gasteiger partial charge in [0.1, 0.15) is 5.58 Å². The van der Waals surface area contributed by atoms with E-state index in [1.54, 1.807) is 36.4 Å². The molecule has 0 amide bonds. The minimum Gasteiger partial charge on any atom is -0.423 e. The number of halogens is 2. The van der Waals surface area contributed by atoms with Crippen LogP contribution in [0.2, 0.25) is 10.0 Å². The smallest absolute Gasteiger partial charge is 0.423 e. The number of hydrogen-bond acceptors (Lipinski definition) is 5. The van der Waals surface area contributed by atoms with E-state index in [0.29, 0.717) is 32.1 Å². The molecule has 0 aliphatic rings. The van der Waals surface area contributed by atoms with Gasteiger partial charge in [0.15, 0.2) is 5.82 Å². The first-order chi connectivity index (χ1) is 12.9. The minimum atomic E-state index is -0.662. The molecule has 0 unspecified atom stereocenters. The van der Waals surface area contributed by atoms with E-state index in [-0.39, 0.29) is 12.4 Å². The third-order valence-corrected chi connectivity index (χ3v) is 4.98. The van der Waals surface area contributed by atoms with Crippen LogP contribution in [0, 0.1) is 6.92 Å². The molecule has 0 atom stereocenters. The summed E-state index contributed by atoms with van der Waals surface area (Å²) in [6.07, 6.45) is 0. The molecule has 0 aliphatic carbocycles. The van der Waals surface area contributed by atoms with Gasteiger partial charge in [-0.25, -0.2) is 9.59 Å². The number of benzene rings is 2. The van der Waals surface area contributed by atoms with Crippen molar-refractivity contribution < 1.29 is 8.94 Å². The summed E-state index contributed by atoms with van der Waals surface area (Å²) in [6.45, 7) is 1.86. The largest absolute Gasteiger partial charge is 0.442 e.